The van der Waals surface area contributed by atoms with Gasteiger partial charge >= 0.3 is 5.97 Å². The lowest BCUT2D eigenvalue weighted by molar-refractivity contribution is -0.0528. The number of nitrogens with zero attached hydrogens (tertiary/aromatic N) is 4. The molecule has 0 spiro atoms. The maximum absolute atomic E-state index is 11.9. The number of benzene rings is 1. The Balaban J connectivity index is 1.92. The molecule has 1 aliphatic heterocycles. The zero-order valence-electron chi connectivity index (χ0n) is 16.2. The summed E-state index contributed by atoms with van der Waals surface area (Å²) in [5, 5.41) is 11.5. The van der Waals surface area contributed by atoms with Gasteiger partial charge in [-0.15, -0.1) is 0 Å². The highest BCUT2D eigenvalue weighted by atomic mass is 16.5. The summed E-state index contributed by atoms with van der Waals surface area (Å²) in [4.78, 5) is 24.8. The topological polar surface area (TPSA) is 78.8 Å². The molecule has 0 saturated carbocycles. The fourth-order valence-corrected chi connectivity index (χ4v) is 3.66. The Morgan fingerprint density at radius 1 is 1.30 bits per heavy atom. The van der Waals surface area contributed by atoms with E-state index in [2.05, 4.69) is 9.97 Å². The van der Waals surface area contributed by atoms with Gasteiger partial charge in [-0.25, -0.2) is 14.8 Å². The Labute approximate surface area is 159 Å². The SMILES string of the molecule is COC(=O)c1cc(C)nc(N2CC[C@](O)(c3ccccc3)[C@H](N(C)C)C2)n1. The van der Waals surface area contributed by atoms with Crippen molar-refractivity contribution in [3.05, 3.63) is 53.3 Å². The van der Waals surface area contributed by atoms with Crippen LogP contribution in [0.2, 0.25) is 0 Å². The van der Waals surface area contributed by atoms with Crippen molar-refractivity contribution < 1.29 is 14.6 Å². The number of rotatable bonds is 4. The van der Waals surface area contributed by atoms with Crippen LogP contribution in [0.4, 0.5) is 5.95 Å². The number of aromatic nitrogens is 2. The number of methoxy groups -OCH3 is 1. The number of esters is 1. The standard InChI is InChI=1S/C20H26N4O3/c1-14-12-16(18(25)27-4)22-19(21-14)24-11-10-20(26,17(13-24)23(2)3)15-8-6-5-7-9-15/h5-9,12,17,26H,10-11,13H2,1-4H3/t17-,20+/m1/s1. The number of anilines is 1. The number of piperidine rings is 1. The first-order valence-corrected chi connectivity index (χ1v) is 8.98. The molecule has 2 aromatic rings. The van der Waals surface area contributed by atoms with E-state index in [-0.39, 0.29) is 11.7 Å². The van der Waals surface area contributed by atoms with Crippen LogP contribution < -0.4 is 4.90 Å². The molecule has 1 fully saturated rings. The van der Waals surface area contributed by atoms with Crippen molar-refractivity contribution >= 4 is 11.9 Å². The van der Waals surface area contributed by atoms with E-state index >= 15 is 0 Å². The largest absolute Gasteiger partial charge is 0.464 e. The quantitative estimate of drug-likeness (QED) is 0.819. The van der Waals surface area contributed by atoms with E-state index in [1.165, 1.54) is 7.11 Å². The summed E-state index contributed by atoms with van der Waals surface area (Å²) >= 11 is 0. The summed E-state index contributed by atoms with van der Waals surface area (Å²) in [6, 6.07) is 11.2. The molecule has 1 saturated heterocycles. The molecule has 0 radical (unpaired) electrons. The van der Waals surface area contributed by atoms with Crippen LogP contribution in [0.3, 0.4) is 0 Å². The summed E-state index contributed by atoms with van der Waals surface area (Å²) in [6.07, 6.45) is 0.532. The third kappa shape index (κ3) is 3.79. The summed E-state index contributed by atoms with van der Waals surface area (Å²) < 4.78 is 4.79. The van der Waals surface area contributed by atoms with Gasteiger partial charge in [0.15, 0.2) is 5.69 Å². The van der Waals surface area contributed by atoms with Crippen LogP contribution in [0.25, 0.3) is 0 Å². The van der Waals surface area contributed by atoms with Gasteiger partial charge in [-0.05, 0) is 39.1 Å². The van der Waals surface area contributed by atoms with E-state index < -0.39 is 11.6 Å². The molecule has 3 rings (SSSR count). The number of aliphatic hydroxyl groups is 1. The molecule has 27 heavy (non-hydrogen) atoms. The maximum Gasteiger partial charge on any atom is 0.356 e. The maximum atomic E-state index is 11.9. The minimum Gasteiger partial charge on any atom is -0.464 e. The van der Waals surface area contributed by atoms with Crippen LogP contribution in [-0.2, 0) is 10.3 Å². The van der Waals surface area contributed by atoms with Gasteiger partial charge in [0.2, 0.25) is 5.95 Å². The van der Waals surface area contributed by atoms with Crippen LogP contribution >= 0.6 is 0 Å². The van der Waals surface area contributed by atoms with Crippen LogP contribution in [0.15, 0.2) is 36.4 Å². The first-order chi connectivity index (χ1) is 12.8. The number of aryl methyl sites for hydroxylation is 1. The average Bonchev–Trinajstić information content (AvgIpc) is 2.67. The second-order valence-corrected chi connectivity index (χ2v) is 7.15. The molecule has 7 nitrogen and oxygen atoms in total. The third-order valence-electron chi connectivity index (χ3n) is 5.12. The minimum atomic E-state index is -0.962. The smallest absolute Gasteiger partial charge is 0.356 e. The lowest BCUT2D eigenvalue weighted by atomic mass is 9.80. The molecule has 0 bridgehead atoms. The summed E-state index contributed by atoms with van der Waals surface area (Å²) in [5.74, 6) is 0.000992. The second kappa shape index (κ2) is 7.62. The molecular weight excluding hydrogens is 344 g/mol. The van der Waals surface area contributed by atoms with Crippen molar-refractivity contribution in [2.45, 2.75) is 25.0 Å². The fraction of sp³-hybridized carbons (Fsp3) is 0.450. The van der Waals surface area contributed by atoms with Gasteiger partial charge in [-0.3, -0.25) is 0 Å². The van der Waals surface area contributed by atoms with E-state index in [9.17, 15) is 9.90 Å². The molecule has 1 aromatic carbocycles. The van der Waals surface area contributed by atoms with E-state index in [4.69, 9.17) is 4.74 Å². The molecule has 2 heterocycles. The predicted octanol–water partition coefficient (Wildman–Crippen LogP) is 1.60. The van der Waals surface area contributed by atoms with Gasteiger partial charge in [0.1, 0.15) is 5.60 Å². The van der Waals surface area contributed by atoms with Crippen molar-refractivity contribution in [3.8, 4) is 0 Å². The van der Waals surface area contributed by atoms with Gasteiger partial charge < -0.3 is 19.6 Å². The number of likely N-dealkylation sites (N-methyl/N-ethyl adjacent to an activating group) is 1. The molecule has 0 unspecified atom stereocenters. The number of carbonyl (C=O) groups excluding carboxylic acids is 1. The molecular formula is C20H26N4O3. The Bertz CT molecular complexity index is 812. The Morgan fingerprint density at radius 2 is 2.00 bits per heavy atom. The lowest BCUT2D eigenvalue weighted by Gasteiger charge is -2.47. The van der Waals surface area contributed by atoms with Gasteiger partial charge in [-0.1, -0.05) is 30.3 Å². The molecule has 1 aliphatic rings. The monoisotopic (exact) mass is 370 g/mol. The summed E-state index contributed by atoms with van der Waals surface area (Å²) in [6.45, 7) is 2.95. The van der Waals surface area contributed by atoms with Crippen LogP contribution in [-0.4, -0.2) is 66.3 Å². The van der Waals surface area contributed by atoms with Crippen LogP contribution in [0.5, 0.6) is 0 Å². The van der Waals surface area contributed by atoms with Crippen molar-refractivity contribution in [1.82, 2.24) is 14.9 Å². The second-order valence-electron chi connectivity index (χ2n) is 7.15. The van der Waals surface area contributed by atoms with Gasteiger partial charge in [0.25, 0.3) is 0 Å². The van der Waals surface area contributed by atoms with E-state index in [0.717, 1.165) is 5.56 Å². The van der Waals surface area contributed by atoms with E-state index in [1.807, 2.05) is 61.2 Å². The predicted molar refractivity (Wildman–Crippen MR) is 103 cm³/mol. The molecule has 2 atom stereocenters. The highest BCUT2D eigenvalue weighted by Crippen LogP contribution is 2.36. The van der Waals surface area contributed by atoms with Crippen molar-refractivity contribution in [1.29, 1.82) is 0 Å². The highest BCUT2D eigenvalue weighted by Gasteiger charge is 2.44. The number of hydrogen-bond donors (Lipinski definition) is 1. The Morgan fingerprint density at radius 3 is 2.63 bits per heavy atom. The average molecular weight is 370 g/mol. The molecule has 1 N–H and O–H groups in total. The molecule has 0 aliphatic carbocycles. The zero-order valence-corrected chi connectivity index (χ0v) is 16.2. The van der Waals surface area contributed by atoms with Gasteiger partial charge in [0, 0.05) is 18.8 Å². The number of carbonyl (C=O) groups is 1. The van der Waals surface area contributed by atoms with E-state index in [0.29, 0.717) is 31.2 Å². The van der Waals surface area contributed by atoms with Crippen molar-refractivity contribution in [3.63, 3.8) is 0 Å². The van der Waals surface area contributed by atoms with Gasteiger partial charge in [0.05, 0.1) is 13.2 Å². The first kappa shape index (κ1) is 19.3. The van der Waals surface area contributed by atoms with Gasteiger partial charge in [-0.2, -0.15) is 0 Å². The van der Waals surface area contributed by atoms with Crippen molar-refractivity contribution in [2.75, 3.05) is 39.2 Å². The van der Waals surface area contributed by atoms with E-state index in [1.54, 1.807) is 6.07 Å². The highest BCUT2D eigenvalue weighted by molar-refractivity contribution is 5.87. The molecule has 1 aromatic heterocycles. The Kier molecular flexibility index (Phi) is 5.43. The zero-order chi connectivity index (χ0) is 19.6. The lowest BCUT2D eigenvalue weighted by Crippen LogP contribution is -2.59. The van der Waals surface area contributed by atoms with Crippen molar-refractivity contribution in [2.24, 2.45) is 0 Å². The number of ether oxygens (including phenoxy) is 1. The minimum absolute atomic E-state index is 0.153. The normalized spacial score (nSPS) is 22.7. The number of hydrogen-bond acceptors (Lipinski definition) is 7. The third-order valence-corrected chi connectivity index (χ3v) is 5.12. The summed E-state index contributed by atoms with van der Waals surface area (Å²) in [7, 11) is 5.25. The summed E-state index contributed by atoms with van der Waals surface area (Å²) in [5.41, 5.74) is 0.885. The first-order valence-electron chi connectivity index (χ1n) is 8.98. The Hall–Kier alpha value is -2.51. The van der Waals surface area contributed by atoms with Crippen LogP contribution in [0.1, 0.15) is 28.2 Å². The molecule has 0 amide bonds. The fourth-order valence-electron chi connectivity index (χ4n) is 3.66. The van der Waals surface area contributed by atoms with Crippen LogP contribution in [0, 0.1) is 6.92 Å². The molecule has 144 valence electrons. The molecule has 7 heteroatoms.